The molecule has 0 unspecified atom stereocenters. The molecule has 0 radical (unpaired) electrons. The van der Waals surface area contributed by atoms with E-state index in [0.29, 0.717) is 11.4 Å². The lowest BCUT2D eigenvalue weighted by atomic mass is 9.86. The summed E-state index contributed by atoms with van der Waals surface area (Å²) in [6, 6.07) is 5.36. The molecule has 2 aliphatic carbocycles. The summed E-state index contributed by atoms with van der Waals surface area (Å²) in [4.78, 5) is 23.6. The number of amides is 1. The standard InChI is InChI=1S/C19H23NO5/c21-17(12-23-18(22)13-5-4-6-13)20-14-7-8-15-16(11-14)25-19(24-15)9-2-1-3-10-19/h7-8,11,13H,1-6,9-10,12H2,(H,20,21). The van der Waals surface area contributed by atoms with Crippen LogP contribution in [0.15, 0.2) is 18.2 Å². The summed E-state index contributed by atoms with van der Waals surface area (Å²) in [6.45, 7) is -0.256. The van der Waals surface area contributed by atoms with E-state index in [4.69, 9.17) is 14.2 Å². The van der Waals surface area contributed by atoms with Gasteiger partial charge in [0.1, 0.15) is 0 Å². The molecule has 1 spiro atoms. The summed E-state index contributed by atoms with van der Waals surface area (Å²) in [5.41, 5.74) is 0.611. The predicted molar refractivity (Wildman–Crippen MR) is 90.4 cm³/mol. The van der Waals surface area contributed by atoms with Gasteiger partial charge in [0.05, 0.1) is 5.92 Å². The first-order chi connectivity index (χ1) is 12.1. The van der Waals surface area contributed by atoms with Crippen molar-refractivity contribution in [3.63, 3.8) is 0 Å². The fourth-order valence-electron chi connectivity index (χ4n) is 3.56. The molecule has 4 rings (SSSR count). The molecule has 1 heterocycles. The first kappa shape index (κ1) is 16.2. The molecule has 134 valence electrons. The molecule has 3 aliphatic rings. The number of carbonyl (C=O) groups is 2. The van der Waals surface area contributed by atoms with Gasteiger partial charge in [-0.2, -0.15) is 0 Å². The SMILES string of the molecule is O=C(COC(=O)C1CCC1)Nc1ccc2c(c1)OC1(CCCCC1)O2. The zero-order chi connectivity index (χ0) is 17.3. The molecule has 2 fully saturated rings. The van der Waals surface area contributed by atoms with Gasteiger partial charge < -0.3 is 19.5 Å². The van der Waals surface area contributed by atoms with Gasteiger partial charge in [0.15, 0.2) is 18.1 Å². The maximum Gasteiger partial charge on any atom is 0.309 e. The molecule has 6 heteroatoms. The molecule has 0 saturated heterocycles. The highest BCUT2D eigenvalue weighted by atomic mass is 16.7. The van der Waals surface area contributed by atoms with Gasteiger partial charge in [0, 0.05) is 24.6 Å². The van der Waals surface area contributed by atoms with E-state index in [1.54, 1.807) is 12.1 Å². The summed E-state index contributed by atoms with van der Waals surface area (Å²) >= 11 is 0. The number of hydrogen-bond acceptors (Lipinski definition) is 5. The van der Waals surface area contributed by atoms with Crippen molar-refractivity contribution in [3.8, 4) is 11.5 Å². The van der Waals surface area contributed by atoms with Crippen LogP contribution in [0.4, 0.5) is 5.69 Å². The molecule has 0 bridgehead atoms. The minimum atomic E-state index is -0.526. The van der Waals surface area contributed by atoms with Crippen molar-refractivity contribution in [2.75, 3.05) is 11.9 Å². The lowest BCUT2D eigenvalue weighted by Gasteiger charge is -2.31. The van der Waals surface area contributed by atoms with Crippen LogP contribution in [0.3, 0.4) is 0 Å². The third kappa shape index (κ3) is 3.43. The summed E-state index contributed by atoms with van der Waals surface area (Å²) in [5, 5.41) is 2.74. The third-order valence-corrected chi connectivity index (χ3v) is 5.22. The van der Waals surface area contributed by atoms with Gasteiger partial charge in [0.2, 0.25) is 0 Å². The summed E-state index contributed by atoms with van der Waals surface area (Å²) in [5.74, 6) is 0.208. The molecule has 1 amide bonds. The molecule has 25 heavy (non-hydrogen) atoms. The number of hydrogen-bond donors (Lipinski definition) is 1. The topological polar surface area (TPSA) is 73.9 Å². The lowest BCUT2D eigenvalue weighted by Crippen LogP contribution is -2.40. The van der Waals surface area contributed by atoms with E-state index in [0.717, 1.165) is 50.7 Å². The van der Waals surface area contributed by atoms with Crippen LogP contribution >= 0.6 is 0 Å². The van der Waals surface area contributed by atoms with E-state index in [1.165, 1.54) is 6.42 Å². The Hall–Kier alpha value is -2.24. The Labute approximate surface area is 146 Å². The number of fused-ring (bicyclic) bond motifs is 1. The second-order valence-corrected chi connectivity index (χ2v) is 7.12. The van der Waals surface area contributed by atoms with Gasteiger partial charge in [-0.3, -0.25) is 9.59 Å². The second kappa shape index (κ2) is 6.58. The van der Waals surface area contributed by atoms with Gasteiger partial charge in [-0.15, -0.1) is 0 Å². The maximum absolute atomic E-state index is 12.0. The first-order valence-electron chi connectivity index (χ1n) is 9.12. The van der Waals surface area contributed by atoms with Crippen LogP contribution in [-0.4, -0.2) is 24.3 Å². The molecular weight excluding hydrogens is 322 g/mol. The summed E-state index contributed by atoms with van der Waals surface area (Å²) in [7, 11) is 0. The number of benzene rings is 1. The van der Waals surface area contributed by atoms with E-state index in [-0.39, 0.29) is 24.4 Å². The van der Waals surface area contributed by atoms with Gasteiger partial charge in [-0.1, -0.05) is 12.8 Å². The molecule has 1 N–H and O–H groups in total. The summed E-state index contributed by atoms with van der Waals surface area (Å²) in [6.07, 6.45) is 7.99. The van der Waals surface area contributed by atoms with E-state index in [2.05, 4.69) is 5.32 Å². The van der Waals surface area contributed by atoms with Crippen LogP contribution < -0.4 is 14.8 Å². The van der Waals surface area contributed by atoms with E-state index >= 15 is 0 Å². The van der Waals surface area contributed by atoms with Crippen molar-refractivity contribution >= 4 is 17.6 Å². The quantitative estimate of drug-likeness (QED) is 0.847. The highest BCUT2D eigenvalue weighted by Crippen LogP contribution is 2.46. The molecule has 6 nitrogen and oxygen atoms in total. The van der Waals surface area contributed by atoms with Gasteiger partial charge in [-0.05, 0) is 37.8 Å². The van der Waals surface area contributed by atoms with Crippen molar-refractivity contribution in [2.45, 2.75) is 57.2 Å². The Balaban J connectivity index is 1.32. The first-order valence-corrected chi connectivity index (χ1v) is 9.12. The number of carbonyl (C=O) groups excluding carboxylic acids is 2. The molecule has 1 aliphatic heterocycles. The lowest BCUT2D eigenvalue weighted by molar-refractivity contribution is -0.154. The number of ether oxygens (including phenoxy) is 3. The molecule has 0 atom stereocenters. The van der Waals surface area contributed by atoms with Crippen LogP contribution in [0.1, 0.15) is 51.4 Å². The Morgan fingerprint density at radius 2 is 1.84 bits per heavy atom. The molecule has 2 saturated carbocycles. The van der Waals surface area contributed by atoms with Crippen LogP contribution in [0, 0.1) is 5.92 Å². The van der Waals surface area contributed by atoms with Crippen LogP contribution in [0.2, 0.25) is 0 Å². The smallest absolute Gasteiger partial charge is 0.309 e. The maximum atomic E-state index is 12.0. The predicted octanol–water partition coefficient (Wildman–Crippen LogP) is 3.40. The highest BCUT2D eigenvalue weighted by Gasteiger charge is 2.42. The molecule has 0 aromatic heterocycles. The Morgan fingerprint density at radius 3 is 2.56 bits per heavy atom. The van der Waals surface area contributed by atoms with E-state index in [1.807, 2.05) is 6.07 Å². The second-order valence-electron chi connectivity index (χ2n) is 7.12. The molecule has 1 aromatic carbocycles. The summed E-state index contributed by atoms with van der Waals surface area (Å²) < 4.78 is 17.1. The van der Waals surface area contributed by atoms with Crippen molar-refractivity contribution in [3.05, 3.63) is 18.2 Å². The van der Waals surface area contributed by atoms with Crippen LogP contribution in [0.25, 0.3) is 0 Å². The van der Waals surface area contributed by atoms with Gasteiger partial charge in [-0.25, -0.2) is 0 Å². The average molecular weight is 345 g/mol. The zero-order valence-electron chi connectivity index (χ0n) is 14.2. The Bertz CT molecular complexity index is 676. The fraction of sp³-hybridized carbons (Fsp3) is 0.579. The average Bonchev–Trinajstić information content (AvgIpc) is 2.88. The Morgan fingerprint density at radius 1 is 1.08 bits per heavy atom. The van der Waals surface area contributed by atoms with Crippen molar-refractivity contribution in [1.82, 2.24) is 0 Å². The number of rotatable bonds is 4. The van der Waals surface area contributed by atoms with Crippen molar-refractivity contribution in [1.29, 1.82) is 0 Å². The van der Waals surface area contributed by atoms with Crippen molar-refractivity contribution in [2.24, 2.45) is 5.92 Å². The number of anilines is 1. The Kier molecular flexibility index (Phi) is 4.27. The van der Waals surface area contributed by atoms with Gasteiger partial charge >= 0.3 is 5.97 Å². The van der Waals surface area contributed by atoms with Crippen LogP contribution in [-0.2, 0) is 14.3 Å². The zero-order valence-corrected chi connectivity index (χ0v) is 14.2. The normalized spacial score (nSPS) is 20.8. The number of esters is 1. The highest BCUT2D eigenvalue weighted by molar-refractivity contribution is 5.93. The van der Waals surface area contributed by atoms with E-state index in [9.17, 15) is 9.59 Å². The molecule has 1 aromatic rings. The van der Waals surface area contributed by atoms with Crippen molar-refractivity contribution < 1.29 is 23.8 Å². The monoisotopic (exact) mass is 345 g/mol. The number of nitrogens with one attached hydrogen (secondary N) is 1. The minimum absolute atomic E-state index is 0.0231. The molecular formula is C19H23NO5. The van der Waals surface area contributed by atoms with E-state index < -0.39 is 5.79 Å². The fourth-order valence-corrected chi connectivity index (χ4v) is 3.56. The third-order valence-electron chi connectivity index (χ3n) is 5.22. The van der Waals surface area contributed by atoms with Crippen LogP contribution in [0.5, 0.6) is 11.5 Å². The minimum Gasteiger partial charge on any atom is -0.455 e. The van der Waals surface area contributed by atoms with Gasteiger partial charge in [0.25, 0.3) is 11.7 Å². The largest absolute Gasteiger partial charge is 0.455 e.